The highest BCUT2D eigenvalue weighted by molar-refractivity contribution is 9.10. The number of carbonyl (C=O) groups is 1. The molecule has 4 nitrogen and oxygen atoms in total. The number of aromatic nitrogens is 1. The van der Waals surface area contributed by atoms with Crippen LogP contribution in [0.2, 0.25) is 0 Å². The fourth-order valence-corrected chi connectivity index (χ4v) is 4.44. The van der Waals surface area contributed by atoms with Gasteiger partial charge in [0.2, 0.25) is 0 Å². The second kappa shape index (κ2) is 10.4. The van der Waals surface area contributed by atoms with E-state index in [1.165, 1.54) is 0 Å². The highest BCUT2D eigenvalue weighted by atomic mass is 79.9. The van der Waals surface area contributed by atoms with Crippen LogP contribution in [0.3, 0.4) is 0 Å². The van der Waals surface area contributed by atoms with Crippen LogP contribution in [0.4, 0.5) is 0 Å². The first-order valence-corrected chi connectivity index (χ1v) is 12.0. The van der Waals surface area contributed by atoms with Gasteiger partial charge in [0.25, 0.3) is 5.91 Å². The van der Waals surface area contributed by atoms with Gasteiger partial charge in [0.1, 0.15) is 0 Å². The Morgan fingerprint density at radius 1 is 0.743 bits per heavy atom. The van der Waals surface area contributed by atoms with Crippen LogP contribution in [0.25, 0.3) is 28.2 Å². The zero-order valence-electron chi connectivity index (χ0n) is 18.8. The molecule has 4 aromatic carbocycles. The van der Waals surface area contributed by atoms with E-state index < -0.39 is 0 Å². The predicted octanol–water partition coefficient (Wildman–Crippen LogP) is 7.34. The molecular formula is C30H22BrN3O. The van der Waals surface area contributed by atoms with Crippen molar-refractivity contribution >= 4 is 28.1 Å². The van der Waals surface area contributed by atoms with Crippen molar-refractivity contribution in [1.82, 2.24) is 9.99 Å². The molecule has 0 fully saturated rings. The third-order valence-electron chi connectivity index (χ3n) is 5.62. The Morgan fingerprint density at radius 3 is 2.03 bits per heavy atom. The Kier molecular flexibility index (Phi) is 6.68. The van der Waals surface area contributed by atoms with E-state index in [1.54, 1.807) is 18.3 Å². The third-order valence-corrected chi connectivity index (χ3v) is 6.11. The van der Waals surface area contributed by atoms with Gasteiger partial charge in [-0.1, -0.05) is 101 Å². The lowest BCUT2D eigenvalue weighted by molar-refractivity contribution is 0.0955. The summed E-state index contributed by atoms with van der Waals surface area (Å²) in [4.78, 5) is 12.6. The van der Waals surface area contributed by atoms with Crippen LogP contribution in [0.5, 0.6) is 0 Å². The third kappa shape index (κ3) is 5.00. The summed E-state index contributed by atoms with van der Waals surface area (Å²) < 4.78 is 3.08. The maximum atomic E-state index is 12.6. The van der Waals surface area contributed by atoms with Crippen LogP contribution in [0.1, 0.15) is 15.9 Å². The van der Waals surface area contributed by atoms with Crippen molar-refractivity contribution in [1.29, 1.82) is 0 Å². The van der Waals surface area contributed by atoms with Crippen LogP contribution < -0.4 is 5.43 Å². The van der Waals surface area contributed by atoms with Crippen LogP contribution in [-0.2, 0) is 0 Å². The quantitative estimate of drug-likeness (QED) is 0.185. The molecule has 0 spiro atoms. The molecule has 170 valence electrons. The van der Waals surface area contributed by atoms with Gasteiger partial charge in [-0.2, -0.15) is 5.10 Å². The Balaban J connectivity index is 1.62. The van der Waals surface area contributed by atoms with Crippen LogP contribution >= 0.6 is 15.9 Å². The van der Waals surface area contributed by atoms with Crippen molar-refractivity contribution in [3.8, 4) is 28.2 Å². The molecule has 0 unspecified atom stereocenters. The number of halogens is 1. The van der Waals surface area contributed by atoms with Crippen molar-refractivity contribution in [2.24, 2.45) is 5.10 Å². The number of hydrazone groups is 1. The molecule has 0 atom stereocenters. The monoisotopic (exact) mass is 519 g/mol. The molecule has 35 heavy (non-hydrogen) atoms. The van der Waals surface area contributed by atoms with Crippen molar-refractivity contribution in [2.75, 3.05) is 0 Å². The minimum absolute atomic E-state index is 0.269. The lowest BCUT2D eigenvalue weighted by Gasteiger charge is -2.15. The van der Waals surface area contributed by atoms with Crippen LogP contribution in [-0.4, -0.2) is 16.7 Å². The lowest BCUT2D eigenvalue weighted by atomic mass is 10.1. The molecular weight excluding hydrogens is 498 g/mol. The number of nitrogens with zero attached hydrogens (tertiary/aromatic N) is 2. The molecule has 1 heterocycles. The lowest BCUT2D eigenvalue weighted by Crippen LogP contribution is -2.17. The number of hydrogen-bond donors (Lipinski definition) is 1. The Labute approximate surface area is 212 Å². The van der Waals surface area contributed by atoms with E-state index in [-0.39, 0.29) is 5.91 Å². The minimum Gasteiger partial charge on any atom is -0.309 e. The van der Waals surface area contributed by atoms with Gasteiger partial charge in [-0.3, -0.25) is 4.79 Å². The molecule has 1 aromatic heterocycles. The number of nitrogens with one attached hydrogen (secondary N) is 1. The van der Waals surface area contributed by atoms with Gasteiger partial charge in [-0.05, 0) is 47.5 Å². The average Bonchev–Trinajstić information content (AvgIpc) is 3.29. The van der Waals surface area contributed by atoms with Crippen molar-refractivity contribution in [3.05, 3.63) is 137 Å². The molecule has 5 heteroatoms. The summed E-state index contributed by atoms with van der Waals surface area (Å²) in [7, 11) is 0. The smallest absolute Gasteiger partial charge is 0.271 e. The maximum Gasteiger partial charge on any atom is 0.271 e. The average molecular weight is 520 g/mol. The van der Waals surface area contributed by atoms with Crippen LogP contribution in [0, 0.1) is 0 Å². The number of hydrogen-bond acceptors (Lipinski definition) is 2. The molecule has 1 amide bonds. The van der Waals surface area contributed by atoms with Gasteiger partial charge in [0.05, 0.1) is 17.6 Å². The van der Waals surface area contributed by atoms with E-state index in [1.807, 2.05) is 66.7 Å². The SMILES string of the molecule is O=C(N/N=C/c1cc(-c2ccccc2)n(-c2ccccc2)c1-c1ccccc1)c1cccc(Br)c1. The van der Waals surface area contributed by atoms with Crippen LogP contribution in [0.15, 0.2) is 131 Å². The molecule has 0 aliphatic rings. The summed E-state index contributed by atoms with van der Waals surface area (Å²) in [6.45, 7) is 0. The predicted molar refractivity (Wildman–Crippen MR) is 146 cm³/mol. The Morgan fingerprint density at radius 2 is 1.37 bits per heavy atom. The zero-order valence-corrected chi connectivity index (χ0v) is 20.4. The van der Waals surface area contributed by atoms with Crippen molar-refractivity contribution in [2.45, 2.75) is 0 Å². The van der Waals surface area contributed by atoms with Gasteiger partial charge in [0.15, 0.2) is 0 Å². The van der Waals surface area contributed by atoms with E-state index in [4.69, 9.17) is 0 Å². The fraction of sp³-hybridized carbons (Fsp3) is 0. The van der Waals surface area contributed by atoms with E-state index in [0.717, 1.165) is 38.2 Å². The second-order valence-electron chi connectivity index (χ2n) is 7.95. The first kappa shape index (κ1) is 22.6. The van der Waals surface area contributed by atoms with E-state index >= 15 is 0 Å². The fourth-order valence-electron chi connectivity index (χ4n) is 4.04. The van der Waals surface area contributed by atoms with Gasteiger partial charge >= 0.3 is 0 Å². The summed E-state index contributed by atoms with van der Waals surface area (Å²) in [5.74, 6) is -0.269. The molecule has 0 bridgehead atoms. The Bertz CT molecular complexity index is 1480. The highest BCUT2D eigenvalue weighted by Gasteiger charge is 2.18. The normalized spacial score (nSPS) is 11.0. The van der Waals surface area contributed by atoms with Gasteiger partial charge in [-0.25, -0.2) is 5.43 Å². The van der Waals surface area contributed by atoms with E-state index in [9.17, 15) is 4.79 Å². The summed E-state index contributed by atoms with van der Waals surface area (Å²) in [5, 5.41) is 4.32. The first-order chi connectivity index (χ1) is 17.2. The van der Waals surface area contributed by atoms with E-state index in [0.29, 0.717) is 5.56 Å². The Hall–Kier alpha value is -4.22. The number of benzene rings is 4. The van der Waals surface area contributed by atoms with Gasteiger partial charge < -0.3 is 4.57 Å². The molecule has 0 aliphatic heterocycles. The van der Waals surface area contributed by atoms with Crippen molar-refractivity contribution < 1.29 is 4.79 Å². The number of amides is 1. The zero-order chi connectivity index (χ0) is 24.0. The number of rotatable bonds is 6. The molecule has 5 rings (SSSR count). The van der Waals surface area contributed by atoms with E-state index in [2.05, 4.69) is 73.5 Å². The number of carbonyl (C=O) groups excluding carboxylic acids is 1. The molecule has 0 saturated heterocycles. The first-order valence-electron chi connectivity index (χ1n) is 11.2. The van der Waals surface area contributed by atoms with Crippen molar-refractivity contribution in [3.63, 3.8) is 0 Å². The molecule has 0 saturated carbocycles. The molecule has 0 aliphatic carbocycles. The molecule has 0 radical (unpaired) electrons. The van der Waals surface area contributed by atoms with Gasteiger partial charge in [-0.15, -0.1) is 0 Å². The molecule has 5 aromatic rings. The topological polar surface area (TPSA) is 46.4 Å². The second-order valence-corrected chi connectivity index (χ2v) is 8.86. The number of para-hydroxylation sites is 1. The largest absolute Gasteiger partial charge is 0.309 e. The maximum absolute atomic E-state index is 12.6. The molecule has 1 N–H and O–H groups in total. The summed E-state index contributed by atoms with van der Waals surface area (Å²) in [5.41, 5.74) is 9.31. The summed E-state index contributed by atoms with van der Waals surface area (Å²) in [6, 6.07) is 40.1. The summed E-state index contributed by atoms with van der Waals surface area (Å²) in [6.07, 6.45) is 1.71. The highest BCUT2D eigenvalue weighted by Crippen LogP contribution is 2.35. The van der Waals surface area contributed by atoms with Gasteiger partial charge in [0, 0.05) is 21.3 Å². The minimum atomic E-state index is -0.269. The summed E-state index contributed by atoms with van der Waals surface area (Å²) >= 11 is 3.40. The standard InChI is InChI=1S/C30H22BrN3O/c31-26-16-10-15-24(19-26)30(35)33-32-21-25-20-28(22-11-4-1-5-12-22)34(27-17-8-3-9-18-27)29(25)23-13-6-2-7-14-23/h1-21H,(H,33,35)/b32-21+.